The van der Waals surface area contributed by atoms with Gasteiger partial charge in [-0.15, -0.1) is 0 Å². The van der Waals surface area contributed by atoms with Crippen LogP contribution >= 0.6 is 23.8 Å². The van der Waals surface area contributed by atoms with Crippen molar-refractivity contribution in [1.29, 1.82) is 0 Å². The zero-order valence-corrected chi connectivity index (χ0v) is 9.17. The fraction of sp³-hybridized carbons (Fsp3) is 0.125. The Balaban J connectivity index is 3.27. The average Bonchev–Trinajstić information content (AvgIpc) is 2.10. The summed E-state index contributed by atoms with van der Waals surface area (Å²) in [6.07, 6.45) is -4.57. The van der Waals surface area contributed by atoms with Gasteiger partial charge in [-0.2, -0.15) is 13.2 Å². The van der Waals surface area contributed by atoms with Crippen LogP contribution in [0, 0.1) is 0 Å². The molecule has 0 saturated carbocycles. The van der Waals surface area contributed by atoms with Crippen LogP contribution in [0.25, 0.3) is 0 Å². The molecule has 0 amide bonds. The van der Waals surface area contributed by atoms with Gasteiger partial charge >= 0.3 is 6.18 Å². The molecule has 88 valence electrons. The van der Waals surface area contributed by atoms with Gasteiger partial charge in [-0.3, -0.25) is 0 Å². The third kappa shape index (κ3) is 2.89. The number of nitrogens with one attached hydrogen (secondary N) is 1. The monoisotopic (exact) mass is 270 g/mol. The first kappa shape index (κ1) is 12.9. The van der Waals surface area contributed by atoms with Gasteiger partial charge in [0.25, 0.3) is 0 Å². The summed E-state index contributed by atoms with van der Waals surface area (Å²) in [5.74, 6) is -0.539. The molecule has 0 aromatic heterocycles. The summed E-state index contributed by atoms with van der Waals surface area (Å²) in [7, 11) is 0. The molecule has 0 saturated heterocycles. The Morgan fingerprint density at radius 2 is 2.00 bits per heavy atom. The SMILES string of the molecule is NC(=S)Nc1cc(C(F)(F)F)cc(Cl)c1O. The minimum atomic E-state index is -4.57. The molecule has 0 radical (unpaired) electrons. The summed E-state index contributed by atoms with van der Waals surface area (Å²) < 4.78 is 37.2. The number of aromatic hydroxyl groups is 1. The number of hydrogen-bond acceptors (Lipinski definition) is 2. The number of phenols is 1. The van der Waals surface area contributed by atoms with Crippen molar-refractivity contribution in [3.05, 3.63) is 22.7 Å². The summed E-state index contributed by atoms with van der Waals surface area (Å²) in [5.41, 5.74) is 3.80. The normalized spacial score (nSPS) is 11.2. The summed E-state index contributed by atoms with van der Waals surface area (Å²) in [4.78, 5) is 0. The lowest BCUT2D eigenvalue weighted by molar-refractivity contribution is -0.137. The Kier molecular flexibility index (Phi) is 3.49. The van der Waals surface area contributed by atoms with E-state index in [2.05, 4.69) is 17.5 Å². The topological polar surface area (TPSA) is 58.3 Å². The van der Waals surface area contributed by atoms with Crippen LogP contribution in [0.2, 0.25) is 5.02 Å². The largest absolute Gasteiger partial charge is 0.504 e. The zero-order chi connectivity index (χ0) is 12.5. The van der Waals surface area contributed by atoms with E-state index < -0.39 is 22.5 Å². The predicted molar refractivity (Wildman–Crippen MR) is 58.5 cm³/mol. The van der Waals surface area contributed by atoms with E-state index in [9.17, 15) is 18.3 Å². The fourth-order valence-electron chi connectivity index (χ4n) is 0.991. The number of rotatable bonds is 1. The highest BCUT2D eigenvalue weighted by Gasteiger charge is 2.32. The maximum absolute atomic E-state index is 12.4. The van der Waals surface area contributed by atoms with E-state index in [1.165, 1.54) is 0 Å². The highest BCUT2D eigenvalue weighted by Crippen LogP contribution is 2.39. The van der Waals surface area contributed by atoms with E-state index in [1.54, 1.807) is 0 Å². The van der Waals surface area contributed by atoms with Crippen LogP contribution in [0.15, 0.2) is 12.1 Å². The molecule has 0 unspecified atom stereocenters. The summed E-state index contributed by atoms with van der Waals surface area (Å²) in [6, 6.07) is 1.28. The van der Waals surface area contributed by atoms with Gasteiger partial charge in [0.2, 0.25) is 0 Å². The zero-order valence-electron chi connectivity index (χ0n) is 7.60. The number of halogens is 4. The van der Waals surface area contributed by atoms with Gasteiger partial charge in [-0.05, 0) is 24.4 Å². The summed E-state index contributed by atoms with van der Waals surface area (Å²) in [5, 5.41) is 10.9. The molecule has 16 heavy (non-hydrogen) atoms. The highest BCUT2D eigenvalue weighted by molar-refractivity contribution is 7.80. The van der Waals surface area contributed by atoms with Gasteiger partial charge < -0.3 is 16.2 Å². The van der Waals surface area contributed by atoms with Crippen molar-refractivity contribution in [3.63, 3.8) is 0 Å². The van der Waals surface area contributed by atoms with E-state index in [4.69, 9.17) is 17.3 Å². The number of alkyl halides is 3. The molecule has 0 aliphatic rings. The van der Waals surface area contributed by atoms with Crippen LogP contribution in [0.4, 0.5) is 18.9 Å². The van der Waals surface area contributed by atoms with Crippen molar-refractivity contribution in [2.75, 3.05) is 5.32 Å². The Hall–Kier alpha value is -1.21. The Morgan fingerprint density at radius 1 is 1.44 bits per heavy atom. The number of benzene rings is 1. The Morgan fingerprint density at radius 3 is 2.44 bits per heavy atom. The van der Waals surface area contributed by atoms with Crippen LogP contribution < -0.4 is 11.1 Å². The number of nitrogens with two attached hydrogens (primary N) is 1. The molecule has 0 aliphatic heterocycles. The first-order valence-corrected chi connectivity index (χ1v) is 4.66. The lowest BCUT2D eigenvalue weighted by atomic mass is 10.2. The average molecular weight is 271 g/mol. The van der Waals surface area contributed by atoms with E-state index >= 15 is 0 Å². The molecule has 0 spiro atoms. The first-order valence-electron chi connectivity index (χ1n) is 3.88. The Labute approximate surface area is 99.0 Å². The first-order chi connectivity index (χ1) is 7.21. The molecular weight excluding hydrogens is 265 g/mol. The molecule has 8 heteroatoms. The number of anilines is 1. The quantitative estimate of drug-likeness (QED) is 0.542. The molecular formula is C8H6ClF3N2OS. The van der Waals surface area contributed by atoms with Crippen molar-refractivity contribution in [3.8, 4) is 5.75 Å². The standard InChI is InChI=1S/C8H6ClF3N2OS/c9-4-1-3(8(10,11)12)2-5(6(4)15)14-7(13)16/h1-2,15H,(H3,13,14,16). The maximum Gasteiger partial charge on any atom is 0.416 e. The van der Waals surface area contributed by atoms with Crippen molar-refractivity contribution in [2.24, 2.45) is 5.73 Å². The van der Waals surface area contributed by atoms with Crippen LogP contribution in [0.5, 0.6) is 5.75 Å². The number of hydrogen-bond donors (Lipinski definition) is 3. The van der Waals surface area contributed by atoms with Crippen molar-refractivity contribution in [2.45, 2.75) is 6.18 Å². The van der Waals surface area contributed by atoms with Crippen LogP contribution in [0.1, 0.15) is 5.56 Å². The lowest BCUT2D eigenvalue weighted by Crippen LogP contribution is -2.19. The summed E-state index contributed by atoms with van der Waals surface area (Å²) >= 11 is 9.88. The molecule has 0 bridgehead atoms. The van der Waals surface area contributed by atoms with E-state index in [1.807, 2.05) is 0 Å². The summed E-state index contributed by atoms with van der Waals surface area (Å²) in [6.45, 7) is 0. The van der Waals surface area contributed by atoms with Crippen LogP contribution in [-0.2, 0) is 6.18 Å². The molecule has 1 rings (SSSR count). The van der Waals surface area contributed by atoms with Gasteiger partial charge in [0.15, 0.2) is 10.9 Å². The lowest BCUT2D eigenvalue weighted by Gasteiger charge is -2.12. The number of phenolic OH excluding ortho intramolecular Hbond substituents is 1. The van der Waals surface area contributed by atoms with E-state index in [0.29, 0.717) is 12.1 Å². The third-order valence-corrected chi connectivity index (χ3v) is 2.04. The molecule has 4 N–H and O–H groups in total. The van der Waals surface area contributed by atoms with Gasteiger partial charge in [0, 0.05) is 0 Å². The highest BCUT2D eigenvalue weighted by atomic mass is 35.5. The van der Waals surface area contributed by atoms with Crippen LogP contribution in [-0.4, -0.2) is 10.2 Å². The molecule has 1 aromatic carbocycles. The second-order valence-corrected chi connectivity index (χ2v) is 3.69. The van der Waals surface area contributed by atoms with Crippen molar-refractivity contribution in [1.82, 2.24) is 0 Å². The van der Waals surface area contributed by atoms with Gasteiger partial charge in [0.1, 0.15) is 0 Å². The third-order valence-electron chi connectivity index (χ3n) is 1.65. The number of thiocarbonyl (C=S) groups is 1. The maximum atomic E-state index is 12.4. The Bertz CT molecular complexity index is 436. The molecule has 0 heterocycles. The molecule has 3 nitrogen and oxygen atoms in total. The minimum Gasteiger partial charge on any atom is -0.504 e. The van der Waals surface area contributed by atoms with Crippen LogP contribution in [0.3, 0.4) is 0 Å². The molecule has 0 fully saturated rings. The van der Waals surface area contributed by atoms with Gasteiger partial charge in [-0.25, -0.2) is 0 Å². The second kappa shape index (κ2) is 4.34. The van der Waals surface area contributed by atoms with Crippen molar-refractivity contribution >= 4 is 34.6 Å². The predicted octanol–water partition coefficient (Wildman–Crippen LogP) is 2.72. The smallest absolute Gasteiger partial charge is 0.416 e. The van der Waals surface area contributed by atoms with Gasteiger partial charge in [-0.1, -0.05) is 11.6 Å². The minimum absolute atomic E-state index is 0.273. The fourth-order valence-corrected chi connectivity index (χ4v) is 1.32. The molecule has 0 atom stereocenters. The van der Waals surface area contributed by atoms with E-state index in [0.717, 1.165) is 0 Å². The van der Waals surface area contributed by atoms with E-state index in [-0.39, 0.29) is 10.8 Å². The molecule has 0 aliphatic carbocycles. The molecule has 1 aromatic rings. The van der Waals surface area contributed by atoms with Gasteiger partial charge in [0.05, 0.1) is 16.3 Å². The second-order valence-electron chi connectivity index (χ2n) is 2.84. The van der Waals surface area contributed by atoms with Crippen molar-refractivity contribution < 1.29 is 18.3 Å².